The minimum absolute atomic E-state index is 0.376. The van der Waals surface area contributed by atoms with Crippen molar-refractivity contribution in [1.29, 1.82) is 0 Å². The summed E-state index contributed by atoms with van der Waals surface area (Å²) in [5.41, 5.74) is 0. The molecule has 0 unspecified atom stereocenters. The molecule has 1 N–H and O–H groups in total. The third-order valence-electron chi connectivity index (χ3n) is 1.51. The zero-order chi connectivity index (χ0) is 6.95. The summed E-state index contributed by atoms with van der Waals surface area (Å²) in [6, 6.07) is 1.44. The standard InChI is InChI=1S/C7H18OSi/c8-6-4-2-1-3-5-7-9/h8H,1-7H2,9H3. The van der Waals surface area contributed by atoms with E-state index in [1.165, 1.54) is 42.0 Å². The molecule has 1 nitrogen and oxygen atoms in total. The van der Waals surface area contributed by atoms with Crippen LogP contribution in [0.2, 0.25) is 6.04 Å². The first-order chi connectivity index (χ1) is 4.41. The van der Waals surface area contributed by atoms with Gasteiger partial charge in [-0.3, -0.25) is 0 Å². The molecule has 0 atom stereocenters. The van der Waals surface area contributed by atoms with Gasteiger partial charge in [0.25, 0.3) is 0 Å². The monoisotopic (exact) mass is 146 g/mol. The van der Waals surface area contributed by atoms with E-state index in [1.54, 1.807) is 0 Å². The molecule has 0 spiro atoms. The van der Waals surface area contributed by atoms with Gasteiger partial charge >= 0.3 is 0 Å². The van der Waals surface area contributed by atoms with E-state index >= 15 is 0 Å². The van der Waals surface area contributed by atoms with Crippen LogP contribution in [0.25, 0.3) is 0 Å². The summed E-state index contributed by atoms with van der Waals surface area (Å²) >= 11 is 0. The van der Waals surface area contributed by atoms with Gasteiger partial charge in [-0.05, 0) is 6.42 Å². The fourth-order valence-electron chi connectivity index (χ4n) is 0.892. The molecule has 0 bridgehead atoms. The van der Waals surface area contributed by atoms with Gasteiger partial charge in [-0.15, -0.1) is 0 Å². The number of rotatable bonds is 6. The molecule has 0 saturated heterocycles. The Bertz CT molecular complexity index is 42.2. The Kier molecular flexibility index (Phi) is 8.34. The molecule has 9 heavy (non-hydrogen) atoms. The van der Waals surface area contributed by atoms with Crippen molar-refractivity contribution in [3.8, 4) is 0 Å². The van der Waals surface area contributed by atoms with Crippen LogP contribution in [0.5, 0.6) is 0 Å². The van der Waals surface area contributed by atoms with Gasteiger partial charge in [0, 0.05) is 16.8 Å². The van der Waals surface area contributed by atoms with Crippen LogP contribution in [0.4, 0.5) is 0 Å². The predicted octanol–water partition coefficient (Wildman–Crippen LogP) is 0.713. The van der Waals surface area contributed by atoms with Crippen LogP contribution in [-0.4, -0.2) is 22.0 Å². The van der Waals surface area contributed by atoms with Crippen LogP contribution in [0.3, 0.4) is 0 Å². The highest BCUT2D eigenvalue weighted by Gasteiger charge is 1.86. The van der Waals surface area contributed by atoms with Crippen LogP contribution in [0.15, 0.2) is 0 Å². The fourth-order valence-corrected chi connectivity index (χ4v) is 1.39. The van der Waals surface area contributed by atoms with Crippen molar-refractivity contribution in [3.63, 3.8) is 0 Å². The van der Waals surface area contributed by atoms with Crippen molar-refractivity contribution < 1.29 is 5.11 Å². The molecule has 0 saturated carbocycles. The first-order valence-electron chi connectivity index (χ1n) is 4.02. The van der Waals surface area contributed by atoms with E-state index in [2.05, 4.69) is 0 Å². The molecule has 2 heteroatoms. The lowest BCUT2D eigenvalue weighted by Gasteiger charge is -1.95. The Balaban J connectivity index is 2.60. The van der Waals surface area contributed by atoms with Crippen molar-refractivity contribution in [3.05, 3.63) is 0 Å². The minimum atomic E-state index is 0.376. The lowest BCUT2D eigenvalue weighted by molar-refractivity contribution is 0.282. The lowest BCUT2D eigenvalue weighted by Crippen LogP contribution is -1.82. The maximum absolute atomic E-state index is 8.43. The molecule has 0 aromatic rings. The lowest BCUT2D eigenvalue weighted by atomic mass is 10.2. The molecule has 0 fully saturated rings. The molecule has 0 aliphatic carbocycles. The smallest absolute Gasteiger partial charge is 0.0431 e. The summed E-state index contributed by atoms with van der Waals surface area (Å²) in [6.07, 6.45) is 6.34. The first kappa shape index (κ1) is 9.18. The SMILES string of the molecule is OCCCCCCC[SiH3]. The molecule has 0 aliphatic heterocycles. The number of hydrogen-bond donors (Lipinski definition) is 1. The molecular weight excluding hydrogens is 128 g/mol. The maximum Gasteiger partial charge on any atom is 0.0431 e. The Morgan fingerprint density at radius 2 is 1.44 bits per heavy atom. The van der Waals surface area contributed by atoms with Gasteiger partial charge in [0.05, 0.1) is 0 Å². The van der Waals surface area contributed by atoms with Gasteiger partial charge < -0.3 is 5.11 Å². The summed E-state index contributed by atoms with van der Waals surface area (Å²) in [5.74, 6) is 0. The molecular formula is C7H18OSi. The van der Waals surface area contributed by atoms with Crippen LogP contribution in [-0.2, 0) is 0 Å². The van der Waals surface area contributed by atoms with Crippen LogP contribution < -0.4 is 0 Å². The van der Waals surface area contributed by atoms with Crippen molar-refractivity contribution in [2.75, 3.05) is 6.61 Å². The quantitative estimate of drug-likeness (QED) is 0.432. The van der Waals surface area contributed by atoms with Gasteiger partial charge in [-0.2, -0.15) is 0 Å². The molecule has 0 aromatic carbocycles. The fraction of sp³-hybridized carbons (Fsp3) is 1.00. The minimum Gasteiger partial charge on any atom is -0.396 e. The van der Waals surface area contributed by atoms with Crippen LogP contribution >= 0.6 is 0 Å². The predicted molar refractivity (Wildman–Crippen MR) is 44.9 cm³/mol. The molecule has 0 rings (SSSR count). The Morgan fingerprint density at radius 1 is 0.889 bits per heavy atom. The van der Waals surface area contributed by atoms with Crippen molar-refractivity contribution in [2.45, 2.75) is 38.1 Å². The first-order valence-corrected chi connectivity index (χ1v) is 5.44. The van der Waals surface area contributed by atoms with E-state index < -0.39 is 0 Å². The van der Waals surface area contributed by atoms with E-state index in [4.69, 9.17) is 5.11 Å². The number of hydrogen-bond acceptors (Lipinski definition) is 1. The van der Waals surface area contributed by atoms with Crippen molar-refractivity contribution in [1.82, 2.24) is 0 Å². The second-order valence-corrected chi connectivity index (χ2v) is 3.49. The third-order valence-corrected chi connectivity index (χ3v) is 2.22. The molecule has 0 amide bonds. The van der Waals surface area contributed by atoms with E-state index in [1.807, 2.05) is 0 Å². The van der Waals surface area contributed by atoms with Gasteiger partial charge in [-0.1, -0.05) is 31.7 Å². The Morgan fingerprint density at radius 3 is 2.00 bits per heavy atom. The van der Waals surface area contributed by atoms with Gasteiger partial charge in [0.15, 0.2) is 0 Å². The largest absolute Gasteiger partial charge is 0.396 e. The Hall–Kier alpha value is 0.177. The van der Waals surface area contributed by atoms with E-state index in [0.29, 0.717) is 6.61 Å². The van der Waals surface area contributed by atoms with Crippen molar-refractivity contribution >= 4 is 10.2 Å². The zero-order valence-electron chi connectivity index (χ0n) is 6.40. The average molecular weight is 146 g/mol. The van der Waals surface area contributed by atoms with E-state index in [-0.39, 0.29) is 0 Å². The number of unbranched alkanes of at least 4 members (excludes halogenated alkanes) is 4. The molecule has 0 radical (unpaired) electrons. The second kappa shape index (κ2) is 8.18. The maximum atomic E-state index is 8.43. The summed E-state index contributed by atoms with van der Waals surface area (Å²) in [6.45, 7) is 0.376. The topological polar surface area (TPSA) is 20.2 Å². The number of aliphatic hydroxyl groups excluding tert-OH is 1. The normalized spacial score (nSPS) is 10.3. The van der Waals surface area contributed by atoms with Crippen LogP contribution in [0, 0.1) is 0 Å². The summed E-state index contributed by atoms with van der Waals surface area (Å²) in [4.78, 5) is 0. The summed E-state index contributed by atoms with van der Waals surface area (Å²) < 4.78 is 0. The third kappa shape index (κ3) is 8.18. The van der Waals surface area contributed by atoms with E-state index in [0.717, 1.165) is 6.42 Å². The van der Waals surface area contributed by atoms with E-state index in [9.17, 15) is 0 Å². The molecule has 0 aromatic heterocycles. The van der Waals surface area contributed by atoms with Gasteiger partial charge in [0.1, 0.15) is 0 Å². The highest BCUT2D eigenvalue weighted by Crippen LogP contribution is 2.03. The molecule has 0 heterocycles. The van der Waals surface area contributed by atoms with Gasteiger partial charge in [-0.25, -0.2) is 0 Å². The second-order valence-electron chi connectivity index (χ2n) is 2.49. The molecule has 56 valence electrons. The van der Waals surface area contributed by atoms with Gasteiger partial charge in [0.2, 0.25) is 0 Å². The highest BCUT2D eigenvalue weighted by atomic mass is 28.1. The Labute approximate surface area is 60.9 Å². The molecule has 0 aliphatic rings. The zero-order valence-corrected chi connectivity index (χ0v) is 8.40. The van der Waals surface area contributed by atoms with Crippen LogP contribution in [0.1, 0.15) is 32.1 Å². The summed E-state index contributed by atoms with van der Waals surface area (Å²) in [5, 5.41) is 8.43. The highest BCUT2D eigenvalue weighted by molar-refractivity contribution is 6.08. The van der Waals surface area contributed by atoms with Crippen molar-refractivity contribution in [2.24, 2.45) is 0 Å². The average Bonchev–Trinajstić information content (AvgIpc) is 1.89. The number of aliphatic hydroxyl groups is 1. The summed E-state index contributed by atoms with van der Waals surface area (Å²) in [7, 11) is 1.36.